The zero-order valence-electron chi connectivity index (χ0n) is 15.1. The Labute approximate surface area is 157 Å². The van der Waals surface area contributed by atoms with Crippen LogP contribution >= 0.6 is 0 Å². The fraction of sp³-hybridized carbons (Fsp3) is 0.350. The molecule has 7 nitrogen and oxygen atoms in total. The number of hydrogen-bond donors (Lipinski definition) is 1. The molecule has 2 aromatic heterocycles. The van der Waals surface area contributed by atoms with Gasteiger partial charge in [0.2, 0.25) is 6.79 Å². The van der Waals surface area contributed by atoms with Crippen molar-refractivity contribution in [1.82, 2.24) is 14.3 Å². The third-order valence-corrected chi connectivity index (χ3v) is 5.00. The molecular weight excluding hydrogens is 344 g/mol. The van der Waals surface area contributed by atoms with E-state index in [4.69, 9.17) is 19.2 Å². The van der Waals surface area contributed by atoms with Crippen molar-refractivity contribution < 1.29 is 14.2 Å². The molecule has 7 heteroatoms. The monoisotopic (exact) mass is 366 g/mol. The summed E-state index contributed by atoms with van der Waals surface area (Å²) in [5.41, 5.74) is 2.84. The first kappa shape index (κ1) is 16.4. The number of imidazole rings is 1. The number of benzene rings is 1. The van der Waals surface area contributed by atoms with E-state index in [2.05, 4.69) is 14.6 Å². The van der Waals surface area contributed by atoms with E-state index in [1.165, 1.54) is 0 Å². The molecular formula is C20H22N4O3. The van der Waals surface area contributed by atoms with Crippen molar-refractivity contribution in [3.05, 3.63) is 42.6 Å². The first-order valence-corrected chi connectivity index (χ1v) is 9.29. The van der Waals surface area contributed by atoms with Gasteiger partial charge in [-0.05, 0) is 30.3 Å². The first-order chi connectivity index (χ1) is 13.4. The van der Waals surface area contributed by atoms with E-state index in [9.17, 15) is 0 Å². The van der Waals surface area contributed by atoms with Gasteiger partial charge >= 0.3 is 0 Å². The van der Waals surface area contributed by atoms with Crippen molar-refractivity contribution in [1.29, 1.82) is 0 Å². The molecule has 0 bridgehead atoms. The van der Waals surface area contributed by atoms with Crippen LogP contribution in [0.15, 0.2) is 42.6 Å². The summed E-state index contributed by atoms with van der Waals surface area (Å²) in [7, 11) is 0. The second-order valence-electron chi connectivity index (χ2n) is 6.69. The Morgan fingerprint density at radius 3 is 2.85 bits per heavy atom. The molecule has 2 aliphatic heterocycles. The Morgan fingerprint density at radius 1 is 1.04 bits per heavy atom. The van der Waals surface area contributed by atoms with Crippen molar-refractivity contribution in [2.75, 3.05) is 51.5 Å². The highest BCUT2D eigenvalue weighted by atomic mass is 16.7. The van der Waals surface area contributed by atoms with Crippen molar-refractivity contribution in [2.24, 2.45) is 0 Å². The topological polar surface area (TPSA) is 60.3 Å². The number of ether oxygens (including phenoxy) is 3. The van der Waals surface area contributed by atoms with E-state index >= 15 is 0 Å². The van der Waals surface area contributed by atoms with Gasteiger partial charge in [0, 0.05) is 37.9 Å². The Kier molecular flexibility index (Phi) is 4.31. The standard InChI is InChI=1S/C20H22N4O3/c1-2-7-24-18(3-1)22-19(15-4-5-16-17(13-15)27-14-26-16)20(24)21-6-8-23-9-11-25-12-10-23/h1-5,7,13,21H,6,8-12,14H2. The van der Waals surface area contributed by atoms with Crippen LogP contribution in [0.4, 0.5) is 5.82 Å². The van der Waals surface area contributed by atoms with Crippen LogP contribution in [0.3, 0.4) is 0 Å². The maximum atomic E-state index is 5.54. The van der Waals surface area contributed by atoms with E-state index < -0.39 is 0 Å². The molecule has 0 atom stereocenters. The molecule has 0 spiro atoms. The largest absolute Gasteiger partial charge is 0.454 e. The van der Waals surface area contributed by atoms with Crippen molar-refractivity contribution >= 4 is 11.5 Å². The minimum absolute atomic E-state index is 0.272. The zero-order chi connectivity index (χ0) is 18.1. The highest BCUT2D eigenvalue weighted by Gasteiger charge is 2.19. The van der Waals surface area contributed by atoms with E-state index in [0.29, 0.717) is 0 Å². The average Bonchev–Trinajstić information content (AvgIpc) is 3.33. The van der Waals surface area contributed by atoms with Crippen molar-refractivity contribution in [3.63, 3.8) is 0 Å². The van der Waals surface area contributed by atoms with Crippen molar-refractivity contribution in [3.8, 4) is 22.8 Å². The molecule has 0 aliphatic carbocycles. The van der Waals surface area contributed by atoms with Crippen molar-refractivity contribution in [2.45, 2.75) is 0 Å². The van der Waals surface area contributed by atoms with Gasteiger partial charge in [-0.3, -0.25) is 9.30 Å². The summed E-state index contributed by atoms with van der Waals surface area (Å²) in [5, 5.41) is 3.60. The van der Waals surface area contributed by atoms with Gasteiger partial charge in [-0.25, -0.2) is 4.98 Å². The third-order valence-electron chi connectivity index (χ3n) is 5.00. The summed E-state index contributed by atoms with van der Waals surface area (Å²) >= 11 is 0. The molecule has 0 amide bonds. The highest BCUT2D eigenvalue weighted by Crippen LogP contribution is 2.38. The first-order valence-electron chi connectivity index (χ1n) is 9.29. The summed E-state index contributed by atoms with van der Waals surface area (Å²) in [5.74, 6) is 2.55. The summed E-state index contributed by atoms with van der Waals surface area (Å²) in [4.78, 5) is 7.26. The lowest BCUT2D eigenvalue weighted by Gasteiger charge is -2.26. The molecule has 140 valence electrons. The molecule has 0 radical (unpaired) electrons. The second kappa shape index (κ2) is 7.09. The van der Waals surface area contributed by atoms with Gasteiger partial charge in [0.1, 0.15) is 17.2 Å². The molecule has 1 saturated heterocycles. The normalized spacial score (nSPS) is 16.7. The zero-order valence-corrected chi connectivity index (χ0v) is 15.1. The molecule has 27 heavy (non-hydrogen) atoms. The molecule has 1 N–H and O–H groups in total. The summed E-state index contributed by atoms with van der Waals surface area (Å²) in [6.07, 6.45) is 2.04. The number of fused-ring (bicyclic) bond motifs is 2. The minimum atomic E-state index is 0.272. The van der Waals surface area contributed by atoms with Crippen LogP contribution < -0.4 is 14.8 Å². The minimum Gasteiger partial charge on any atom is -0.454 e. The van der Waals surface area contributed by atoms with Crippen LogP contribution in [0, 0.1) is 0 Å². The third kappa shape index (κ3) is 3.20. The molecule has 0 unspecified atom stereocenters. The average molecular weight is 366 g/mol. The fourth-order valence-electron chi connectivity index (χ4n) is 3.57. The van der Waals surface area contributed by atoms with Gasteiger partial charge < -0.3 is 19.5 Å². The SMILES string of the molecule is c1ccn2c(NCCN3CCOCC3)c(-c3ccc4c(c3)OCO4)nc2c1. The van der Waals surface area contributed by atoms with Gasteiger partial charge in [-0.1, -0.05) is 6.07 Å². The Hall–Kier alpha value is -2.77. The number of morpholine rings is 1. The molecule has 5 rings (SSSR count). The van der Waals surface area contributed by atoms with Crippen LogP contribution in [0.1, 0.15) is 0 Å². The van der Waals surface area contributed by atoms with E-state index in [1.54, 1.807) is 0 Å². The van der Waals surface area contributed by atoms with Crippen LogP contribution in [-0.2, 0) is 4.74 Å². The van der Waals surface area contributed by atoms with Gasteiger partial charge in [-0.15, -0.1) is 0 Å². The molecule has 0 saturated carbocycles. The van der Waals surface area contributed by atoms with Gasteiger partial charge in [-0.2, -0.15) is 0 Å². The van der Waals surface area contributed by atoms with E-state index in [1.807, 2.05) is 42.6 Å². The Bertz CT molecular complexity index is 950. The predicted molar refractivity (Wildman–Crippen MR) is 102 cm³/mol. The number of aromatic nitrogens is 2. The summed E-state index contributed by atoms with van der Waals surface area (Å²) in [6.45, 7) is 5.71. The van der Waals surface area contributed by atoms with Gasteiger partial charge in [0.15, 0.2) is 11.5 Å². The van der Waals surface area contributed by atoms with Gasteiger partial charge in [0.25, 0.3) is 0 Å². The summed E-state index contributed by atoms with van der Waals surface area (Å²) in [6, 6.07) is 12.0. The second-order valence-corrected chi connectivity index (χ2v) is 6.69. The Morgan fingerprint density at radius 2 is 1.93 bits per heavy atom. The number of rotatable bonds is 5. The lowest BCUT2D eigenvalue weighted by Crippen LogP contribution is -2.39. The smallest absolute Gasteiger partial charge is 0.231 e. The van der Waals surface area contributed by atoms with Crippen LogP contribution in [0.25, 0.3) is 16.9 Å². The lowest BCUT2D eigenvalue weighted by atomic mass is 10.1. The number of nitrogens with one attached hydrogen (secondary N) is 1. The molecule has 1 fully saturated rings. The maximum Gasteiger partial charge on any atom is 0.231 e. The number of pyridine rings is 1. The molecule has 1 aromatic carbocycles. The number of anilines is 1. The number of hydrogen-bond acceptors (Lipinski definition) is 6. The fourth-order valence-corrected chi connectivity index (χ4v) is 3.57. The van der Waals surface area contributed by atoms with Gasteiger partial charge in [0.05, 0.1) is 13.2 Å². The lowest BCUT2D eigenvalue weighted by molar-refractivity contribution is 0.0398. The molecule has 4 heterocycles. The Balaban J connectivity index is 1.44. The number of nitrogens with zero attached hydrogens (tertiary/aromatic N) is 3. The van der Waals surface area contributed by atoms with E-state index in [-0.39, 0.29) is 6.79 Å². The van der Waals surface area contributed by atoms with Crippen LogP contribution in [-0.4, -0.2) is 60.5 Å². The molecule has 3 aromatic rings. The molecule has 2 aliphatic rings. The van der Waals surface area contributed by atoms with Crippen LogP contribution in [0.2, 0.25) is 0 Å². The predicted octanol–water partition coefficient (Wildman–Crippen LogP) is 2.47. The maximum absolute atomic E-state index is 5.54. The highest BCUT2D eigenvalue weighted by molar-refractivity contribution is 5.78. The quantitative estimate of drug-likeness (QED) is 0.749. The van der Waals surface area contributed by atoms with E-state index in [0.717, 1.165) is 73.6 Å². The van der Waals surface area contributed by atoms with Crippen LogP contribution in [0.5, 0.6) is 11.5 Å². The summed E-state index contributed by atoms with van der Waals surface area (Å²) < 4.78 is 18.5.